The van der Waals surface area contributed by atoms with Gasteiger partial charge in [0, 0.05) is 29.0 Å². The lowest BCUT2D eigenvalue weighted by atomic mass is 9.98. The molecule has 7 heteroatoms. The van der Waals surface area contributed by atoms with Gasteiger partial charge in [0.1, 0.15) is 5.58 Å². The first-order valence-corrected chi connectivity index (χ1v) is 10.4. The van der Waals surface area contributed by atoms with Crippen molar-refractivity contribution in [2.75, 3.05) is 0 Å². The molecular weight excluding hydrogens is 435 g/mol. The van der Waals surface area contributed by atoms with E-state index in [1.165, 1.54) is 0 Å². The summed E-state index contributed by atoms with van der Waals surface area (Å²) in [6.07, 6.45) is 3.37. The van der Waals surface area contributed by atoms with Crippen LogP contribution in [0.25, 0.3) is 11.0 Å². The zero-order valence-corrected chi connectivity index (χ0v) is 17.9. The molecule has 4 aromatic rings. The van der Waals surface area contributed by atoms with Crippen LogP contribution in [-0.4, -0.2) is 15.8 Å². The maximum atomic E-state index is 13.5. The first-order valence-electron chi connectivity index (χ1n) is 9.66. The molecular formula is C24H16Cl2N2O3. The molecule has 2 aromatic heterocycles. The van der Waals surface area contributed by atoms with Crippen LogP contribution in [0, 0.1) is 6.92 Å². The summed E-state index contributed by atoms with van der Waals surface area (Å²) < 4.78 is 5.99. The van der Waals surface area contributed by atoms with Crippen LogP contribution in [0.15, 0.2) is 70.1 Å². The second kappa shape index (κ2) is 7.52. The Hall–Kier alpha value is -3.15. The van der Waals surface area contributed by atoms with Crippen molar-refractivity contribution in [3.63, 3.8) is 0 Å². The molecule has 0 saturated heterocycles. The fraction of sp³-hybridized carbons (Fsp3) is 0.125. The van der Waals surface area contributed by atoms with Gasteiger partial charge in [-0.15, -0.1) is 0 Å². The molecule has 0 saturated carbocycles. The minimum absolute atomic E-state index is 0.0584. The number of carbonyl (C=O) groups is 1. The summed E-state index contributed by atoms with van der Waals surface area (Å²) in [6.45, 7) is 2.10. The Balaban J connectivity index is 1.75. The molecule has 3 heterocycles. The largest absolute Gasteiger partial charge is 0.450 e. The van der Waals surface area contributed by atoms with Gasteiger partial charge in [0.05, 0.1) is 17.0 Å². The van der Waals surface area contributed by atoms with Crippen molar-refractivity contribution in [2.45, 2.75) is 19.5 Å². The van der Waals surface area contributed by atoms with Gasteiger partial charge >= 0.3 is 0 Å². The summed E-state index contributed by atoms with van der Waals surface area (Å²) in [7, 11) is 0. The number of aryl methyl sites for hydroxylation is 1. The van der Waals surface area contributed by atoms with Gasteiger partial charge in [-0.1, -0.05) is 41.4 Å². The van der Waals surface area contributed by atoms with Crippen LogP contribution >= 0.6 is 23.2 Å². The van der Waals surface area contributed by atoms with Crippen molar-refractivity contribution in [1.82, 2.24) is 9.88 Å². The lowest BCUT2D eigenvalue weighted by molar-refractivity contribution is 0.0714. The number of benzene rings is 2. The number of rotatable bonds is 3. The lowest BCUT2D eigenvalue weighted by Crippen LogP contribution is -2.29. The van der Waals surface area contributed by atoms with Gasteiger partial charge in [-0.05, 0) is 53.9 Å². The Morgan fingerprint density at radius 2 is 1.87 bits per heavy atom. The van der Waals surface area contributed by atoms with Crippen LogP contribution in [0.5, 0.6) is 0 Å². The molecule has 1 amide bonds. The van der Waals surface area contributed by atoms with Gasteiger partial charge < -0.3 is 9.32 Å². The molecule has 0 N–H and O–H groups in total. The molecule has 31 heavy (non-hydrogen) atoms. The molecule has 1 aliphatic heterocycles. The molecule has 1 unspecified atom stereocenters. The van der Waals surface area contributed by atoms with Crippen LogP contribution in [-0.2, 0) is 6.54 Å². The van der Waals surface area contributed by atoms with E-state index in [1.807, 2.05) is 31.2 Å². The molecule has 0 spiro atoms. The molecule has 0 aliphatic carbocycles. The monoisotopic (exact) mass is 450 g/mol. The summed E-state index contributed by atoms with van der Waals surface area (Å²) in [5, 5.41) is 1.39. The molecule has 1 aliphatic rings. The Morgan fingerprint density at radius 1 is 1.10 bits per heavy atom. The third kappa shape index (κ3) is 3.30. The number of aromatic nitrogens is 1. The third-order valence-corrected chi connectivity index (χ3v) is 6.17. The Morgan fingerprint density at radius 3 is 2.58 bits per heavy atom. The second-order valence-electron chi connectivity index (χ2n) is 7.52. The normalized spacial score (nSPS) is 15.5. The number of nitrogens with zero attached hydrogens (tertiary/aromatic N) is 2. The maximum Gasteiger partial charge on any atom is 0.291 e. The number of hydrogen-bond acceptors (Lipinski definition) is 4. The highest BCUT2D eigenvalue weighted by Gasteiger charge is 2.42. The van der Waals surface area contributed by atoms with Crippen molar-refractivity contribution in [3.05, 3.63) is 109 Å². The molecule has 154 valence electrons. The Labute approximate surface area is 187 Å². The number of halogens is 2. The first-order chi connectivity index (χ1) is 14.9. The molecule has 0 fully saturated rings. The van der Waals surface area contributed by atoms with Gasteiger partial charge in [0.2, 0.25) is 5.76 Å². The standard InChI is InChI=1S/C24H16Cl2N2O3/c1-13-9-19-17(10-18(13)26)22(29)20-21(15-4-6-16(25)7-5-15)28(24(30)23(20)31-19)12-14-3-2-8-27-11-14/h2-11,21H,12H2,1H3. The highest BCUT2D eigenvalue weighted by Crippen LogP contribution is 2.39. The second-order valence-corrected chi connectivity index (χ2v) is 8.36. The van der Waals surface area contributed by atoms with E-state index in [1.54, 1.807) is 41.6 Å². The van der Waals surface area contributed by atoms with Crippen LogP contribution in [0.4, 0.5) is 0 Å². The van der Waals surface area contributed by atoms with Crippen molar-refractivity contribution < 1.29 is 9.21 Å². The fourth-order valence-electron chi connectivity index (χ4n) is 3.98. The lowest BCUT2D eigenvalue weighted by Gasteiger charge is -2.25. The minimum atomic E-state index is -0.610. The summed E-state index contributed by atoms with van der Waals surface area (Å²) in [5.41, 5.74) is 2.77. The maximum absolute atomic E-state index is 13.5. The number of carbonyl (C=O) groups excluding carboxylic acids is 1. The van der Waals surface area contributed by atoms with Crippen molar-refractivity contribution >= 4 is 40.1 Å². The summed E-state index contributed by atoms with van der Waals surface area (Å²) >= 11 is 12.3. The number of amides is 1. The smallest absolute Gasteiger partial charge is 0.291 e. The van der Waals surface area contributed by atoms with Crippen molar-refractivity contribution in [2.24, 2.45) is 0 Å². The van der Waals surface area contributed by atoms with E-state index in [2.05, 4.69) is 4.98 Å². The number of hydrogen-bond donors (Lipinski definition) is 0. The van der Waals surface area contributed by atoms with E-state index in [4.69, 9.17) is 27.6 Å². The van der Waals surface area contributed by atoms with E-state index in [0.717, 1.165) is 16.7 Å². The van der Waals surface area contributed by atoms with Crippen LogP contribution in [0.3, 0.4) is 0 Å². The quantitative estimate of drug-likeness (QED) is 0.410. The van der Waals surface area contributed by atoms with E-state index in [0.29, 0.717) is 26.6 Å². The van der Waals surface area contributed by atoms with Gasteiger partial charge in [-0.3, -0.25) is 14.6 Å². The predicted molar refractivity (Wildman–Crippen MR) is 120 cm³/mol. The molecule has 2 aromatic carbocycles. The molecule has 0 bridgehead atoms. The third-order valence-electron chi connectivity index (χ3n) is 5.51. The van der Waals surface area contributed by atoms with Gasteiger partial charge in [-0.25, -0.2) is 0 Å². The summed E-state index contributed by atoms with van der Waals surface area (Å²) in [4.78, 5) is 32.7. The molecule has 5 nitrogen and oxygen atoms in total. The van der Waals surface area contributed by atoms with E-state index >= 15 is 0 Å². The topological polar surface area (TPSA) is 63.4 Å². The number of fused-ring (bicyclic) bond motifs is 2. The Bertz CT molecular complexity index is 1380. The molecule has 5 rings (SSSR count). The van der Waals surface area contributed by atoms with Crippen LogP contribution in [0.2, 0.25) is 10.0 Å². The van der Waals surface area contributed by atoms with Crippen LogP contribution < -0.4 is 5.43 Å². The average molecular weight is 451 g/mol. The van der Waals surface area contributed by atoms with E-state index in [9.17, 15) is 9.59 Å². The van der Waals surface area contributed by atoms with Crippen molar-refractivity contribution in [1.29, 1.82) is 0 Å². The average Bonchev–Trinajstić information content (AvgIpc) is 3.03. The molecule has 1 atom stereocenters. The summed E-state index contributed by atoms with van der Waals surface area (Å²) in [6, 6.07) is 13.5. The van der Waals surface area contributed by atoms with Crippen molar-refractivity contribution in [3.8, 4) is 0 Å². The summed E-state index contributed by atoms with van der Waals surface area (Å²) in [5.74, 6) is -0.284. The van der Waals surface area contributed by atoms with Gasteiger partial charge in [0.25, 0.3) is 5.91 Å². The van der Waals surface area contributed by atoms with Gasteiger partial charge in [0.15, 0.2) is 5.43 Å². The van der Waals surface area contributed by atoms with E-state index in [-0.39, 0.29) is 23.6 Å². The fourth-order valence-corrected chi connectivity index (χ4v) is 4.27. The minimum Gasteiger partial charge on any atom is -0.450 e. The highest BCUT2D eigenvalue weighted by molar-refractivity contribution is 6.32. The molecule has 0 radical (unpaired) electrons. The Kier molecular flexibility index (Phi) is 4.80. The van der Waals surface area contributed by atoms with Gasteiger partial charge in [-0.2, -0.15) is 0 Å². The zero-order chi connectivity index (χ0) is 21.7. The first kappa shape index (κ1) is 19.8. The zero-order valence-electron chi connectivity index (χ0n) is 16.4. The SMILES string of the molecule is Cc1cc2oc3c(c(=O)c2cc1Cl)C(c1ccc(Cl)cc1)N(Cc1cccnc1)C3=O. The highest BCUT2D eigenvalue weighted by atomic mass is 35.5. The van der Waals surface area contributed by atoms with E-state index < -0.39 is 6.04 Å². The predicted octanol–water partition coefficient (Wildman–Crippen LogP) is 5.55. The van der Waals surface area contributed by atoms with Crippen LogP contribution in [0.1, 0.15) is 38.9 Å². The number of pyridine rings is 1.